The Hall–Kier alpha value is -3.35. The molecule has 7 heteroatoms. The molecule has 7 nitrogen and oxygen atoms in total. The highest BCUT2D eigenvalue weighted by atomic mass is 16.5. The number of hydrogen-bond donors (Lipinski definition) is 3. The molecule has 3 aliphatic carbocycles. The first-order valence-electron chi connectivity index (χ1n) is 12.3. The van der Waals surface area contributed by atoms with Gasteiger partial charge in [-0.1, -0.05) is 55.0 Å². The van der Waals surface area contributed by atoms with Crippen LogP contribution in [0.3, 0.4) is 0 Å². The fraction of sp³-hybridized carbons (Fsp3) is 0.464. The SMILES string of the molecule is CC(C)(CC(=O)NCC1(C(=O)O)CC12CCC2)NC(=O)OCC1c2ccccc2-c2ccccc21. The van der Waals surface area contributed by atoms with E-state index in [4.69, 9.17) is 4.74 Å². The van der Waals surface area contributed by atoms with Gasteiger partial charge in [0.1, 0.15) is 6.61 Å². The van der Waals surface area contributed by atoms with Gasteiger partial charge in [0.2, 0.25) is 5.91 Å². The van der Waals surface area contributed by atoms with Crippen molar-refractivity contribution < 1.29 is 24.2 Å². The maximum Gasteiger partial charge on any atom is 0.407 e. The minimum absolute atomic E-state index is 0.0277. The summed E-state index contributed by atoms with van der Waals surface area (Å²) in [5.74, 6) is -1.14. The van der Waals surface area contributed by atoms with Crippen molar-refractivity contribution in [3.8, 4) is 11.1 Å². The van der Waals surface area contributed by atoms with Crippen LogP contribution in [-0.2, 0) is 14.3 Å². The van der Waals surface area contributed by atoms with Gasteiger partial charge in [0, 0.05) is 24.4 Å². The van der Waals surface area contributed by atoms with Crippen molar-refractivity contribution in [3.05, 3.63) is 59.7 Å². The number of carboxylic acid groups (broad SMARTS) is 1. The van der Waals surface area contributed by atoms with Crippen LogP contribution in [0.5, 0.6) is 0 Å². The highest BCUT2D eigenvalue weighted by Gasteiger charge is 2.73. The molecule has 2 saturated carbocycles. The highest BCUT2D eigenvalue weighted by molar-refractivity contribution is 5.84. The van der Waals surface area contributed by atoms with E-state index >= 15 is 0 Å². The van der Waals surface area contributed by atoms with Crippen LogP contribution >= 0.6 is 0 Å². The number of benzene rings is 2. The third-order valence-electron chi connectivity index (χ3n) is 8.22. The number of carbonyl (C=O) groups is 3. The molecule has 2 aromatic rings. The minimum Gasteiger partial charge on any atom is -0.481 e. The molecule has 1 unspecified atom stereocenters. The van der Waals surface area contributed by atoms with Gasteiger partial charge in [-0.05, 0) is 60.8 Å². The fourth-order valence-electron chi connectivity index (χ4n) is 6.09. The highest BCUT2D eigenvalue weighted by Crippen LogP contribution is 2.73. The van der Waals surface area contributed by atoms with Crippen LogP contribution in [0.25, 0.3) is 11.1 Å². The smallest absolute Gasteiger partial charge is 0.407 e. The maximum absolute atomic E-state index is 12.6. The lowest BCUT2D eigenvalue weighted by Crippen LogP contribution is -2.48. The van der Waals surface area contributed by atoms with Crippen LogP contribution in [-0.4, -0.2) is 41.8 Å². The van der Waals surface area contributed by atoms with Crippen molar-refractivity contribution in [2.24, 2.45) is 10.8 Å². The lowest BCUT2D eigenvalue weighted by atomic mass is 9.75. The van der Waals surface area contributed by atoms with Gasteiger partial charge in [-0.2, -0.15) is 0 Å². The van der Waals surface area contributed by atoms with Crippen LogP contribution in [0.15, 0.2) is 48.5 Å². The number of nitrogens with one attached hydrogen (secondary N) is 2. The second-order valence-electron chi connectivity index (χ2n) is 11.0. The molecule has 3 aliphatic rings. The van der Waals surface area contributed by atoms with Crippen LogP contribution in [0.2, 0.25) is 0 Å². The summed E-state index contributed by atoms with van der Waals surface area (Å²) < 4.78 is 5.60. The molecule has 0 bridgehead atoms. The van der Waals surface area contributed by atoms with E-state index in [9.17, 15) is 19.5 Å². The molecule has 0 saturated heterocycles. The number of carbonyl (C=O) groups excluding carboxylic acids is 2. The van der Waals surface area contributed by atoms with Crippen LogP contribution in [0, 0.1) is 10.8 Å². The Bertz CT molecular complexity index is 1140. The van der Waals surface area contributed by atoms with Crippen molar-refractivity contribution in [3.63, 3.8) is 0 Å². The Balaban J connectivity index is 1.14. The molecule has 3 N–H and O–H groups in total. The van der Waals surface area contributed by atoms with Gasteiger partial charge in [0.15, 0.2) is 0 Å². The Kier molecular flexibility index (Phi) is 5.61. The number of fused-ring (bicyclic) bond motifs is 3. The predicted octanol–water partition coefficient (Wildman–Crippen LogP) is 4.46. The molecule has 0 aromatic heterocycles. The molecule has 0 heterocycles. The largest absolute Gasteiger partial charge is 0.481 e. The molecule has 0 aliphatic heterocycles. The molecule has 0 radical (unpaired) electrons. The zero-order chi connectivity index (χ0) is 24.8. The molecule has 2 aromatic carbocycles. The number of ether oxygens (including phenoxy) is 1. The van der Waals surface area contributed by atoms with E-state index in [2.05, 4.69) is 34.9 Å². The number of hydrogen-bond acceptors (Lipinski definition) is 4. The first kappa shape index (κ1) is 23.4. The number of alkyl carbamates (subject to hydrolysis) is 1. The van der Waals surface area contributed by atoms with Gasteiger partial charge in [-0.15, -0.1) is 0 Å². The Morgan fingerprint density at radius 2 is 1.63 bits per heavy atom. The molecule has 5 rings (SSSR count). The van der Waals surface area contributed by atoms with Crippen molar-refractivity contribution in [2.75, 3.05) is 13.2 Å². The predicted molar refractivity (Wildman–Crippen MR) is 131 cm³/mol. The van der Waals surface area contributed by atoms with Crippen molar-refractivity contribution in [2.45, 2.75) is 57.4 Å². The van der Waals surface area contributed by atoms with Gasteiger partial charge < -0.3 is 20.5 Å². The van der Waals surface area contributed by atoms with Crippen LogP contribution in [0.4, 0.5) is 4.79 Å². The van der Waals surface area contributed by atoms with E-state index in [1.54, 1.807) is 13.8 Å². The summed E-state index contributed by atoms with van der Waals surface area (Å²) in [5, 5.41) is 15.3. The third kappa shape index (κ3) is 4.07. The lowest BCUT2D eigenvalue weighted by molar-refractivity contribution is -0.146. The van der Waals surface area contributed by atoms with E-state index in [1.807, 2.05) is 24.3 Å². The summed E-state index contributed by atoms with van der Waals surface area (Å²) in [6.45, 7) is 3.85. The Morgan fingerprint density at radius 1 is 1.03 bits per heavy atom. The normalized spacial score (nSPS) is 21.4. The Morgan fingerprint density at radius 3 is 2.14 bits per heavy atom. The summed E-state index contributed by atoms with van der Waals surface area (Å²) in [4.78, 5) is 37.1. The van der Waals surface area contributed by atoms with Crippen LogP contribution < -0.4 is 10.6 Å². The summed E-state index contributed by atoms with van der Waals surface area (Å²) >= 11 is 0. The number of rotatable bonds is 8. The monoisotopic (exact) mass is 476 g/mol. The summed E-state index contributed by atoms with van der Waals surface area (Å²) in [5.41, 5.74) is 2.79. The van der Waals surface area contributed by atoms with Gasteiger partial charge in [0.05, 0.1) is 5.41 Å². The molecular formula is C28H32N2O5. The van der Waals surface area contributed by atoms with Crippen LogP contribution in [0.1, 0.15) is 63.0 Å². The average Bonchev–Trinajstić information content (AvgIpc) is 3.41. The van der Waals surface area contributed by atoms with E-state index < -0.39 is 23.0 Å². The quantitative estimate of drug-likeness (QED) is 0.522. The molecule has 184 valence electrons. The van der Waals surface area contributed by atoms with Gasteiger partial charge in [-0.3, -0.25) is 9.59 Å². The second kappa shape index (κ2) is 8.40. The second-order valence-corrected chi connectivity index (χ2v) is 11.0. The van der Waals surface area contributed by atoms with E-state index in [-0.39, 0.29) is 36.8 Å². The van der Waals surface area contributed by atoms with E-state index in [1.165, 1.54) is 0 Å². The van der Waals surface area contributed by atoms with Crippen molar-refractivity contribution >= 4 is 18.0 Å². The number of aliphatic carboxylic acids is 1. The summed E-state index contributed by atoms with van der Waals surface area (Å²) in [6.07, 6.45) is 2.98. The lowest BCUT2D eigenvalue weighted by Gasteiger charge is -2.31. The average molecular weight is 477 g/mol. The van der Waals surface area contributed by atoms with Gasteiger partial charge in [0.25, 0.3) is 0 Å². The number of carboxylic acids is 1. The fourth-order valence-corrected chi connectivity index (χ4v) is 6.09. The van der Waals surface area contributed by atoms with Crippen molar-refractivity contribution in [1.82, 2.24) is 10.6 Å². The first-order valence-corrected chi connectivity index (χ1v) is 12.3. The first-order chi connectivity index (χ1) is 16.7. The molecule has 2 fully saturated rings. The topological polar surface area (TPSA) is 105 Å². The standard InChI is InChI=1S/C28H32N2O5/c1-26(2,14-23(31)29-17-28(24(32)33)16-27(28)12-7-13-27)30-25(34)35-15-22-20-10-5-3-8-18(20)19-9-4-6-11-21(19)22/h3-6,8-11,22H,7,12-17H2,1-2H3,(H,29,31)(H,30,34)(H,32,33). The zero-order valence-corrected chi connectivity index (χ0v) is 20.2. The Labute approximate surface area is 205 Å². The van der Waals surface area contributed by atoms with Crippen molar-refractivity contribution in [1.29, 1.82) is 0 Å². The molecule has 2 amide bonds. The van der Waals surface area contributed by atoms with Gasteiger partial charge in [-0.25, -0.2) is 4.79 Å². The van der Waals surface area contributed by atoms with E-state index in [0.29, 0.717) is 6.42 Å². The maximum atomic E-state index is 12.6. The van der Waals surface area contributed by atoms with E-state index in [0.717, 1.165) is 41.5 Å². The van der Waals surface area contributed by atoms with Gasteiger partial charge >= 0.3 is 12.1 Å². The summed E-state index contributed by atoms with van der Waals surface area (Å²) in [7, 11) is 0. The molecule has 1 spiro atoms. The molecular weight excluding hydrogens is 444 g/mol. The molecule has 35 heavy (non-hydrogen) atoms. The summed E-state index contributed by atoms with van der Waals surface area (Å²) in [6, 6.07) is 16.3. The minimum atomic E-state index is -0.846. The number of amides is 2. The third-order valence-corrected chi connectivity index (χ3v) is 8.22. The molecule has 1 atom stereocenters. The zero-order valence-electron chi connectivity index (χ0n) is 20.2.